The number of hydrogen-bond acceptors (Lipinski definition) is 3. The lowest BCUT2D eigenvalue weighted by Gasteiger charge is -2.24. The topological polar surface area (TPSA) is 30.5 Å². The zero-order valence-corrected chi connectivity index (χ0v) is 12.9. The van der Waals surface area contributed by atoms with Crippen LogP contribution in [0.4, 0.5) is 0 Å². The Balaban J connectivity index is 3.56. The van der Waals surface area contributed by atoms with E-state index in [9.17, 15) is 0 Å². The molecule has 0 aromatic heterocycles. The molecule has 0 spiro atoms. The first-order chi connectivity index (χ1) is 7.99. The molecule has 1 unspecified atom stereocenters. The minimum Gasteiger partial charge on any atom is -0.496 e. The summed E-state index contributed by atoms with van der Waals surface area (Å²) in [6.07, 6.45) is -0.166. The summed E-state index contributed by atoms with van der Waals surface area (Å²) in [5, 5.41) is 3.13. The second kappa shape index (κ2) is 5.85. The lowest BCUT2D eigenvalue weighted by molar-refractivity contribution is 0.0779. The van der Waals surface area contributed by atoms with Crippen LogP contribution in [0, 0.1) is 20.8 Å². The van der Waals surface area contributed by atoms with Crippen LogP contribution in [0.5, 0.6) is 5.75 Å². The summed E-state index contributed by atoms with van der Waals surface area (Å²) < 4.78 is 12.1. The van der Waals surface area contributed by atoms with E-state index in [-0.39, 0.29) is 6.23 Å². The van der Waals surface area contributed by atoms with Crippen LogP contribution in [-0.4, -0.2) is 21.3 Å². The lowest BCUT2D eigenvalue weighted by atomic mass is 9.98. The number of ether oxygens (including phenoxy) is 2. The van der Waals surface area contributed by atoms with Crippen molar-refractivity contribution in [1.29, 1.82) is 0 Å². The van der Waals surface area contributed by atoms with Gasteiger partial charge in [-0.05, 0) is 44.5 Å². The zero-order chi connectivity index (χ0) is 13.2. The first kappa shape index (κ1) is 14.5. The predicted molar refractivity (Wildman–Crippen MR) is 73.7 cm³/mol. The summed E-state index contributed by atoms with van der Waals surface area (Å²) in [5.41, 5.74) is 4.53. The Morgan fingerprint density at radius 1 is 1.06 bits per heavy atom. The molecule has 96 valence electrons. The van der Waals surface area contributed by atoms with Gasteiger partial charge in [-0.3, -0.25) is 5.32 Å². The molecule has 0 saturated heterocycles. The normalized spacial score (nSPS) is 12.6. The maximum atomic E-state index is 5.54. The highest BCUT2D eigenvalue weighted by molar-refractivity contribution is 9.10. The molecule has 0 fully saturated rings. The van der Waals surface area contributed by atoms with E-state index in [0.29, 0.717) is 0 Å². The average molecular weight is 302 g/mol. The van der Waals surface area contributed by atoms with Gasteiger partial charge in [0.15, 0.2) is 0 Å². The summed E-state index contributed by atoms with van der Waals surface area (Å²) in [6.45, 7) is 6.21. The Labute approximate surface area is 112 Å². The second-order valence-electron chi connectivity index (χ2n) is 4.04. The highest BCUT2D eigenvalue weighted by atomic mass is 79.9. The molecular formula is C13H20BrNO2. The van der Waals surface area contributed by atoms with E-state index >= 15 is 0 Å². The Kier molecular flexibility index (Phi) is 4.98. The van der Waals surface area contributed by atoms with Gasteiger partial charge in [0, 0.05) is 17.1 Å². The third-order valence-electron chi connectivity index (χ3n) is 3.17. The highest BCUT2D eigenvalue weighted by Crippen LogP contribution is 2.39. The van der Waals surface area contributed by atoms with Crippen LogP contribution in [0.25, 0.3) is 0 Å². The van der Waals surface area contributed by atoms with Crippen LogP contribution in [0.15, 0.2) is 4.47 Å². The molecule has 0 bridgehead atoms. The van der Waals surface area contributed by atoms with E-state index < -0.39 is 0 Å². The third-order valence-corrected chi connectivity index (χ3v) is 4.36. The van der Waals surface area contributed by atoms with Gasteiger partial charge in [0.2, 0.25) is 0 Å². The molecule has 17 heavy (non-hydrogen) atoms. The van der Waals surface area contributed by atoms with Gasteiger partial charge in [0.1, 0.15) is 12.0 Å². The van der Waals surface area contributed by atoms with Crippen molar-refractivity contribution < 1.29 is 9.47 Å². The van der Waals surface area contributed by atoms with Crippen LogP contribution >= 0.6 is 15.9 Å². The maximum Gasteiger partial charge on any atom is 0.137 e. The van der Waals surface area contributed by atoms with Crippen molar-refractivity contribution >= 4 is 15.9 Å². The summed E-state index contributed by atoms with van der Waals surface area (Å²) >= 11 is 3.63. The lowest BCUT2D eigenvalue weighted by Crippen LogP contribution is -2.20. The van der Waals surface area contributed by atoms with E-state index in [2.05, 4.69) is 42.0 Å². The van der Waals surface area contributed by atoms with Crippen molar-refractivity contribution in [2.24, 2.45) is 0 Å². The Morgan fingerprint density at radius 2 is 1.65 bits per heavy atom. The fourth-order valence-corrected chi connectivity index (χ4v) is 2.58. The standard InChI is InChI=1S/C13H20BrNO2/c1-7-8(2)12(16-5)10(9(3)11(7)14)13(15-4)17-6/h13,15H,1-6H3. The van der Waals surface area contributed by atoms with E-state index in [1.54, 1.807) is 14.2 Å². The smallest absolute Gasteiger partial charge is 0.137 e. The molecule has 0 radical (unpaired) electrons. The molecule has 0 aliphatic rings. The molecule has 1 aromatic rings. The summed E-state index contributed by atoms with van der Waals surface area (Å²) in [4.78, 5) is 0. The minimum absolute atomic E-state index is 0.166. The second-order valence-corrected chi connectivity index (χ2v) is 4.83. The van der Waals surface area contributed by atoms with Crippen LogP contribution in [0.3, 0.4) is 0 Å². The quantitative estimate of drug-likeness (QED) is 0.866. The first-order valence-electron chi connectivity index (χ1n) is 5.52. The number of methoxy groups -OCH3 is 2. The Morgan fingerprint density at radius 3 is 2.06 bits per heavy atom. The largest absolute Gasteiger partial charge is 0.496 e. The fraction of sp³-hybridized carbons (Fsp3) is 0.538. The SMILES string of the molecule is CNC(OC)c1c(C)c(Br)c(C)c(C)c1OC. The number of nitrogens with one attached hydrogen (secondary N) is 1. The zero-order valence-electron chi connectivity index (χ0n) is 11.3. The van der Waals surface area contributed by atoms with Gasteiger partial charge in [-0.1, -0.05) is 15.9 Å². The molecule has 0 aliphatic carbocycles. The third kappa shape index (κ3) is 2.49. The summed E-state index contributed by atoms with van der Waals surface area (Å²) in [6, 6.07) is 0. The van der Waals surface area contributed by atoms with Crippen LogP contribution < -0.4 is 10.1 Å². The van der Waals surface area contributed by atoms with Crippen molar-refractivity contribution in [2.45, 2.75) is 27.0 Å². The summed E-state index contributed by atoms with van der Waals surface area (Å²) in [5.74, 6) is 0.893. The average Bonchev–Trinajstić information content (AvgIpc) is 2.34. The highest BCUT2D eigenvalue weighted by Gasteiger charge is 2.22. The predicted octanol–water partition coefficient (Wildman–Crippen LogP) is 3.25. The van der Waals surface area contributed by atoms with Gasteiger partial charge in [0.05, 0.1) is 7.11 Å². The minimum atomic E-state index is -0.166. The number of halogens is 1. The van der Waals surface area contributed by atoms with Gasteiger partial charge in [0.25, 0.3) is 0 Å². The van der Waals surface area contributed by atoms with Gasteiger partial charge in [-0.15, -0.1) is 0 Å². The molecule has 1 aromatic carbocycles. The van der Waals surface area contributed by atoms with Gasteiger partial charge >= 0.3 is 0 Å². The molecule has 1 N–H and O–H groups in total. The van der Waals surface area contributed by atoms with Gasteiger partial charge < -0.3 is 9.47 Å². The molecule has 0 aliphatic heterocycles. The number of rotatable bonds is 4. The molecular weight excluding hydrogens is 282 g/mol. The van der Waals surface area contributed by atoms with E-state index in [1.165, 1.54) is 5.56 Å². The Hall–Kier alpha value is -0.580. The van der Waals surface area contributed by atoms with Crippen LogP contribution in [-0.2, 0) is 4.74 Å². The molecule has 1 atom stereocenters. The van der Waals surface area contributed by atoms with E-state index in [0.717, 1.165) is 26.9 Å². The molecule has 0 amide bonds. The van der Waals surface area contributed by atoms with Crippen molar-refractivity contribution in [3.63, 3.8) is 0 Å². The molecule has 0 saturated carbocycles. The van der Waals surface area contributed by atoms with Crippen molar-refractivity contribution in [3.8, 4) is 5.75 Å². The van der Waals surface area contributed by atoms with Crippen molar-refractivity contribution in [2.75, 3.05) is 21.3 Å². The van der Waals surface area contributed by atoms with Crippen LogP contribution in [0.1, 0.15) is 28.5 Å². The van der Waals surface area contributed by atoms with Gasteiger partial charge in [-0.25, -0.2) is 0 Å². The molecule has 4 heteroatoms. The molecule has 0 heterocycles. The first-order valence-corrected chi connectivity index (χ1v) is 6.32. The summed E-state index contributed by atoms with van der Waals surface area (Å²) in [7, 11) is 5.25. The van der Waals surface area contributed by atoms with Gasteiger partial charge in [-0.2, -0.15) is 0 Å². The van der Waals surface area contributed by atoms with E-state index in [1.807, 2.05) is 7.05 Å². The maximum absolute atomic E-state index is 5.54. The number of benzene rings is 1. The molecule has 3 nitrogen and oxygen atoms in total. The van der Waals surface area contributed by atoms with Crippen molar-refractivity contribution in [1.82, 2.24) is 5.32 Å². The monoisotopic (exact) mass is 301 g/mol. The van der Waals surface area contributed by atoms with Crippen molar-refractivity contribution in [3.05, 3.63) is 26.7 Å². The Bertz CT molecular complexity index is 415. The number of hydrogen-bond donors (Lipinski definition) is 1. The van der Waals surface area contributed by atoms with E-state index in [4.69, 9.17) is 9.47 Å². The fourth-order valence-electron chi connectivity index (χ4n) is 2.07. The molecule has 1 rings (SSSR count). The van der Waals surface area contributed by atoms with Crippen LogP contribution in [0.2, 0.25) is 0 Å².